The molecule has 0 aliphatic carbocycles. The highest BCUT2D eigenvalue weighted by Gasteiger charge is 2.14. The lowest BCUT2D eigenvalue weighted by Gasteiger charge is -2.07. The second kappa shape index (κ2) is 22.4. The molecule has 0 unspecified atom stereocenters. The van der Waals surface area contributed by atoms with Crippen molar-refractivity contribution in [1.29, 1.82) is 0 Å². The molecule has 0 aliphatic rings. The molecule has 0 atom stereocenters. The second-order valence-electron chi connectivity index (χ2n) is 8.03. The zero-order valence-electron chi connectivity index (χ0n) is 18.3. The minimum atomic E-state index is 0.758. The molecular formula is C24H51S+. The lowest BCUT2D eigenvalue weighted by molar-refractivity contribution is 0.531. The molecule has 0 saturated heterocycles. The molecule has 0 heterocycles. The van der Waals surface area contributed by atoms with Crippen LogP contribution >= 0.6 is 0 Å². The van der Waals surface area contributed by atoms with Crippen molar-refractivity contribution in [3.63, 3.8) is 0 Å². The fourth-order valence-electron chi connectivity index (χ4n) is 3.74. The van der Waals surface area contributed by atoms with Gasteiger partial charge in [-0.25, -0.2) is 0 Å². The van der Waals surface area contributed by atoms with Crippen molar-refractivity contribution in [2.24, 2.45) is 0 Å². The highest BCUT2D eigenvalue weighted by Crippen LogP contribution is 2.14. The zero-order chi connectivity index (χ0) is 18.4. The Labute approximate surface area is 164 Å². The van der Waals surface area contributed by atoms with E-state index in [4.69, 9.17) is 0 Å². The van der Waals surface area contributed by atoms with E-state index in [-0.39, 0.29) is 0 Å². The summed E-state index contributed by atoms with van der Waals surface area (Å²) in [6, 6.07) is 0. The van der Waals surface area contributed by atoms with Crippen LogP contribution in [0.25, 0.3) is 0 Å². The first-order chi connectivity index (χ1) is 12.3. The number of hydrogen-bond donors (Lipinski definition) is 0. The fourth-order valence-corrected chi connectivity index (χ4v) is 6.12. The van der Waals surface area contributed by atoms with Crippen LogP contribution in [0.4, 0.5) is 0 Å². The summed E-state index contributed by atoms with van der Waals surface area (Å²) in [5.41, 5.74) is 0. The largest absolute Gasteiger partial charge is 0.108 e. The Morgan fingerprint density at radius 3 is 0.960 bits per heavy atom. The van der Waals surface area contributed by atoms with Crippen molar-refractivity contribution in [3.05, 3.63) is 0 Å². The van der Waals surface area contributed by atoms with Crippen LogP contribution < -0.4 is 0 Å². The third-order valence-electron chi connectivity index (χ3n) is 5.27. The topological polar surface area (TPSA) is 0 Å². The smallest absolute Gasteiger partial charge is 0.0654 e. The van der Waals surface area contributed by atoms with E-state index >= 15 is 0 Å². The normalized spacial score (nSPS) is 11.5. The van der Waals surface area contributed by atoms with Crippen LogP contribution in [0.3, 0.4) is 0 Å². The van der Waals surface area contributed by atoms with Gasteiger partial charge in [0.05, 0.1) is 0 Å². The number of rotatable bonds is 21. The average molecular weight is 372 g/mol. The Morgan fingerprint density at radius 2 is 0.640 bits per heavy atom. The van der Waals surface area contributed by atoms with Gasteiger partial charge in [-0.05, 0) is 36.6 Å². The van der Waals surface area contributed by atoms with Crippen LogP contribution in [-0.4, -0.2) is 17.3 Å². The van der Waals surface area contributed by atoms with Crippen molar-refractivity contribution >= 4 is 10.9 Å². The summed E-state index contributed by atoms with van der Waals surface area (Å²) in [5.74, 6) is 4.51. The molecule has 0 amide bonds. The molecule has 0 bridgehead atoms. The molecule has 0 N–H and O–H groups in total. The summed E-state index contributed by atoms with van der Waals surface area (Å²) in [5, 5.41) is 0. The van der Waals surface area contributed by atoms with E-state index in [9.17, 15) is 0 Å². The maximum absolute atomic E-state index is 2.35. The van der Waals surface area contributed by atoms with E-state index < -0.39 is 0 Å². The van der Waals surface area contributed by atoms with Crippen LogP contribution in [0.1, 0.15) is 136 Å². The van der Waals surface area contributed by atoms with Gasteiger partial charge in [0.2, 0.25) is 0 Å². The van der Waals surface area contributed by atoms with Crippen molar-refractivity contribution in [2.45, 2.75) is 136 Å². The van der Waals surface area contributed by atoms with E-state index in [1.54, 1.807) is 0 Å². The summed E-state index contributed by atoms with van der Waals surface area (Å²) in [6.45, 7) is 7.00. The van der Waals surface area contributed by atoms with Gasteiger partial charge in [-0.1, -0.05) is 111 Å². The van der Waals surface area contributed by atoms with Gasteiger partial charge in [0, 0.05) is 0 Å². The minimum absolute atomic E-state index is 0.758. The van der Waals surface area contributed by atoms with E-state index in [0.29, 0.717) is 0 Å². The Balaban J connectivity index is 3.13. The van der Waals surface area contributed by atoms with Crippen LogP contribution in [0.2, 0.25) is 0 Å². The molecule has 0 aromatic carbocycles. The summed E-state index contributed by atoms with van der Waals surface area (Å²) >= 11 is 0. The monoisotopic (exact) mass is 371 g/mol. The molecule has 0 saturated carbocycles. The minimum Gasteiger partial charge on any atom is -0.0654 e. The van der Waals surface area contributed by atoms with Gasteiger partial charge in [0.1, 0.15) is 17.3 Å². The molecule has 0 radical (unpaired) electrons. The Hall–Kier alpha value is 0.350. The van der Waals surface area contributed by atoms with Crippen molar-refractivity contribution in [2.75, 3.05) is 17.3 Å². The molecule has 0 nitrogen and oxygen atoms in total. The van der Waals surface area contributed by atoms with Gasteiger partial charge in [-0.3, -0.25) is 0 Å². The quantitative estimate of drug-likeness (QED) is 0.140. The lowest BCUT2D eigenvalue weighted by atomic mass is 10.0. The number of hydrogen-bond acceptors (Lipinski definition) is 0. The molecule has 25 heavy (non-hydrogen) atoms. The van der Waals surface area contributed by atoms with Gasteiger partial charge in [-0.15, -0.1) is 0 Å². The van der Waals surface area contributed by atoms with Crippen LogP contribution in [0.5, 0.6) is 0 Å². The maximum atomic E-state index is 2.35. The van der Waals surface area contributed by atoms with E-state index in [1.807, 2.05) is 0 Å². The third-order valence-corrected chi connectivity index (χ3v) is 8.11. The molecule has 0 spiro atoms. The van der Waals surface area contributed by atoms with Crippen molar-refractivity contribution in [1.82, 2.24) is 0 Å². The highest BCUT2D eigenvalue weighted by molar-refractivity contribution is 7.96. The van der Waals surface area contributed by atoms with Gasteiger partial charge >= 0.3 is 0 Å². The van der Waals surface area contributed by atoms with Crippen molar-refractivity contribution in [3.8, 4) is 0 Å². The molecule has 0 fully saturated rings. The predicted octanol–water partition coefficient (Wildman–Crippen LogP) is 8.69. The van der Waals surface area contributed by atoms with Crippen LogP contribution in [0, 0.1) is 0 Å². The highest BCUT2D eigenvalue weighted by atomic mass is 32.2. The summed E-state index contributed by atoms with van der Waals surface area (Å²) in [4.78, 5) is 0. The zero-order valence-corrected chi connectivity index (χ0v) is 19.1. The molecule has 0 aliphatic heterocycles. The Kier molecular flexibility index (Phi) is 22.7. The van der Waals surface area contributed by atoms with Gasteiger partial charge in [0.15, 0.2) is 0 Å². The van der Waals surface area contributed by atoms with E-state index in [0.717, 1.165) is 10.9 Å². The summed E-state index contributed by atoms with van der Waals surface area (Å²) in [7, 11) is 0.758. The lowest BCUT2D eigenvalue weighted by Crippen LogP contribution is -2.15. The molecule has 0 rings (SSSR count). The van der Waals surface area contributed by atoms with Gasteiger partial charge in [-0.2, -0.15) is 0 Å². The first-order valence-electron chi connectivity index (χ1n) is 12.0. The molecule has 0 aromatic heterocycles. The van der Waals surface area contributed by atoms with Crippen LogP contribution in [-0.2, 0) is 10.9 Å². The molecule has 152 valence electrons. The first-order valence-corrected chi connectivity index (χ1v) is 13.7. The Bertz CT molecular complexity index is 220. The fraction of sp³-hybridized carbons (Fsp3) is 1.00. The maximum Gasteiger partial charge on any atom is 0.108 e. The van der Waals surface area contributed by atoms with E-state index in [2.05, 4.69) is 20.8 Å². The van der Waals surface area contributed by atoms with Gasteiger partial charge < -0.3 is 0 Å². The first kappa shape index (κ1) is 25.4. The second-order valence-corrected chi connectivity index (χ2v) is 10.5. The molecule has 1 heteroatoms. The van der Waals surface area contributed by atoms with Gasteiger partial charge in [0.25, 0.3) is 0 Å². The predicted molar refractivity (Wildman–Crippen MR) is 122 cm³/mol. The summed E-state index contributed by atoms with van der Waals surface area (Å²) in [6.07, 6.45) is 26.4. The van der Waals surface area contributed by atoms with Crippen molar-refractivity contribution < 1.29 is 0 Å². The SMILES string of the molecule is CCCCCCCCCCCCCCCCCC[S+](CCC)CCC. The third kappa shape index (κ3) is 20.5. The standard InChI is InChI=1S/C24H51S/c1-4-7-8-9-10-11-12-13-14-15-16-17-18-19-20-21-24-25(22-5-2)23-6-3/h4-24H2,1-3H3/q+1. The Morgan fingerprint density at radius 1 is 0.320 bits per heavy atom. The summed E-state index contributed by atoms with van der Waals surface area (Å²) < 4.78 is 0. The van der Waals surface area contributed by atoms with Crippen LogP contribution in [0.15, 0.2) is 0 Å². The van der Waals surface area contributed by atoms with E-state index in [1.165, 1.54) is 133 Å². The molecule has 0 aromatic rings. The molecular weight excluding hydrogens is 320 g/mol. The average Bonchev–Trinajstić information content (AvgIpc) is 2.61. The number of unbranched alkanes of at least 4 members (excludes halogenated alkanes) is 15.